The molecule has 0 radical (unpaired) electrons. The maximum absolute atomic E-state index is 9.18. The summed E-state index contributed by atoms with van der Waals surface area (Å²) in [6.07, 6.45) is 7.82. The van der Waals surface area contributed by atoms with Gasteiger partial charge in [0, 0.05) is 12.1 Å². The van der Waals surface area contributed by atoms with E-state index in [0.717, 1.165) is 30.7 Å². The van der Waals surface area contributed by atoms with E-state index in [1.165, 1.54) is 25.7 Å². The van der Waals surface area contributed by atoms with Crippen LogP contribution < -0.4 is 5.32 Å². The van der Waals surface area contributed by atoms with Crippen LogP contribution in [0.25, 0.3) is 0 Å². The van der Waals surface area contributed by atoms with E-state index in [9.17, 15) is 5.11 Å². The van der Waals surface area contributed by atoms with E-state index in [1.807, 2.05) is 0 Å². The smallest absolute Gasteiger partial charge is 0.0570 e. The third-order valence-electron chi connectivity index (χ3n) is 4.30. The number of rotatable bonds is 2. The maximum atomic E-state index is 9.18. The molecule has 2 bridgehead atoms. The number of nitrogens with one attached hydrogen (secondary N) is 1. The zero-order valence-electron chi connectivity index (χ0n) is 8.08. The van der Waals surface area contributed by atoms with Gasteiger partial charge < -0.3 is 10.4 Å². The molecule has 0 aromatic carbocycles. The van der Waals surface area contributed by atoms with Gasteiger partial charge in [-0.05, 0) is 43.9 Å². The van der Waals surface area contributed by atoms with Crippen LogP contribution in [0.3, 0.4) is 0 Å². The first-order chi connectivity index (χ1) is 6.31. The summed E-state index contributed by atoms with van der Waals surface area (Å²) in [6.45, 7) is 0. The van der Waals surface area contributed by atoms with Crippen LogP contribution >= 0.6 is 0 Å². The molecule has 0 aliphatic heterocycles. The summed E-state index contributed by atoms with van der Waals surface area (Å²) in [5.41, 5.74) is 0. The molecule has 3 aliphatic carbocycles. The van der Waals surface area contributed by atoms with Crippen LogP contribution in [0.2, 0.25) is 0 Å². The molecule has 2 N–H and O–H groups in total. The van der Waals surface area contributed by atoms with Crippen molar-refractivity contribution in [1.82, 2.24) is 5.32 Å². The van der Waals surface area contributed by atoms with Crippen molar-refractivity contribution in [3.63, 3.8) is 0 Å². The second-order valence-electron chi connectivity index (χ2n) is 5.27. The van der Waals surface area contributed by atoms with Gasteiger partial charge in [0.05, 0.1) is 6.10 Å². The largest absolute Gasteiger partial charge is 0.393 e. The van der Waals surface area contributed by atoms with Crippen LogP contribution in [-0.4, -0.2) is 23.3 Å². The van der Waals surface area contributed by atoms with Crippen LogP contribution in [0.4, 0.5) is 0 Å². The van der Waals surface area contributed by atoms with E-state index in [2.05, 4.69) is 5.32 Å². The minimum absolute atomic E-state index is 0.00362. The summed E-state index contributed by atoms with van der Waals surface area (Å²) in [6, 6.07) is 1.44. The lowest BCUT2D eigenvalue weighted by atomic mass is 9.86. The topological polar surface area (TPSA) is 32.3 Å². The first-order valence-electron chi connectivity index (χ1n) is 5.75. The van der Waals surface area contributed by atoms with Gasteiger partial charge in [0.2, 0.25) is 0 Å². The highest BCUT2D eigenvalue weighted by atomic mass is 16.3. The van der Waals surface area contributed by atoms with E-state index >= 15 is 0 Å². The molecule has 0 heterocycles. The SMILES string of the molecule is OC1CC(NC2CC3CCC2C3)C1. The van der Waals surface area contributed by atoms with Gasteiger partial charge in [0.15, 0.2) is 0 Å². The third-order valence-corrected chi connectivity index (χ3v) is 4.30. The summed E-state index contributed by atoms with van der Waals surface area (Å²) in [5, 5.41) is 12.9. The van der Waals surface area contributed by atoms with E-state index in [0.29, 0.717) is 6.04 Å². The summed E-state index contributed by atoms with van der Waals surface area (Å²) in [7, 11) is 0. The Morgan fingerprint density at radius 1 is 1.00 bits per heavy atom. The lowest BCUT2D eigenvalue weighted by Crippen LogP contribution is -2.50. The number of aliphatic hydroxyl groups excluding tert-OH is 1. The van der Waals surface area contributed by atoms with Crippen LogP contribution in [0.5, 0.6) is 0 Å². The highest BCUT2D eigenvalue weighted by Gasteiger charge is 2.41. The Labute approximate surface area is 79.7 Å². The lowest BCUT2D eigenvalue weighted by molar-refractivity contribution is 0.0541. The molecule has 0 aromatic rings. The fraction of sp³-hybridized carbons (Fsp3) is 1.00. The molecule has 2 heteroatoms. The Morgan fingerprint density at radius 3 is 2.38 bits per heavy atom. The van der Waals surface area contributed by atoms with Crippen molar-refractivity contribution in [2.45, 2.75) is 56.7 Å². The van der Waals surface area contributed by atoms with Gasteiger partial charge in [-0.15, -0.1) is 0 Å². The van der Waals surface area contributed by atoms with Crippen molar-refractivity contribution >= 4 is 0 Å². The molecule has 2 nitrogen and oxygen atoms in total. The normalized spacial score (nSPS) is 53.8. The monoisotopic (exact) mass is 181 g/mol. The Bertz CT molecular complexity index is 200. The lowest BCUT2D eigenvalue weighted by Gasteiger charge is -2.36. The molecule has 0 aromatic heterocycles. The van der Waals surface area contributed by atoms with E-state index in [1.54, 1.807) is 0 Å². The van der Waals surface area contributed by atoms with Crippen LogP contribution in [-0.2, 0) is 0 Å². The van der Waals surface area contributed by atoms with Crippen LogP contribution in [0.1, 0.15) is 38.5 Å². The van der Waals surface area contributed by atoms with Gasteiger partial charge in [0.25, 0.3) is 0 Å². The highest BCUT2D eigenvalue weighted by Crippen LogP contribution is 2.45. The van der Waals surface area contributed by atoms with Crippen molar-refractivity contribution < 1.29 is 5.11 Å². The van der Waals surface area contributed by atoms with Crippen LogP contribution in [0, 0.1) is 11.8 Å². The Balaban J connectivity index is 1.51. The Morgan fingerprint density at radius 2 is 1.85 bits per heavy atom. The zero-order valence-corrected chi connectivity index (χ0v) is 8.08. The van der Waals surface area contributed by atoms with Gasteiger partial charge in [-0.25, -0.2) is 0 Å². The number of hydrogen-bond donors (Lipinski definition) is 2. The summed E-state index contributed by atoms with van der Waals surface area (Å²) in [4.78, 5) is 0. The highest BCUT2D eigenvalue weighted by molar-refractivity contribution is 4.97. The van der Waals surface area contributed by atoms with Gasteiger partial charge in [-0.3, -0.25) is 0 Å². The molecule has 3 saturated carbocycles. The number of hydrogen-bond acceptors (Lipinski definition) is 2. The Kier molecular flexibility index (Phi) is 1.88. The second kappa shape index (κ2) is 2.96. The van der Waals surface area contributed by atoms with Crippen molar-refractivity contribution in [2.24, 2.45) is 11.8 Å². The molecule has 74 valence electrons. The zero-order chi connectivity index (χ0) is 8.84. The first-order valence-corrected chi connectivity index (χ1v) is 5.75. The van der Waals surface area contributed by atoms with Crippen molar-refractivity contribution in [3.05, 3.63) is 0 Å². The molecule has 3 rings (SSSR count). The molecule has 0 amide bonds. The van der Waals surface area contributed by atoms with Gasteiger partial charge >= 0.3 is 0 Å². The average molecular weight is 181 g/mol. The average Bonchev–Trinajstić information content (AvgIpc) is 2.62. The predicted molar refractivity (Wildman–Crippen MR) is 51.4 cm³/mol. The fourth-order valence-electron chi connectivity index (χ4n) is 3.48. The van der Waals surface area contributed by atoms with Gasteiger partial charge in [0.1, 0.15) is 0 Å². The van der Waals surface area contributed by atoms with Crippen LogP contribution in [0.15, 0.2) is 0 Å². The van der Waals surface area contributed by atoms with Crippen molar-refractivity contribution in [1.29, 1.82) is 0 Å². The number of aliphatic hydroxyl groups is 1. The third kappa shape index (κ3) is 1.40. The quantitative estimate of drug-likeness (QED) is 0.673. The van der Waals surface area contributed by atoms with Gasteiger partial charge in [-0.2, -0.15) is 0 Å². The summed E-state index contributed by atoms with van der Waals surface area (Å²) in [5.74, 6) is 2.01. The molecule has 3 atom stereocenters. The molecule has 3 unspecified atom stereocenters. The van der Waals surface area contributed by atoms with Gasteiger partial charge in [-0.1, -0.05) is 6.42 Å². The summed E-state index contributed by atoms with van der Waals surface area (Å²) < 4.78 is 0. The molecule has 3 fully saturated rings. The standard InChI is InChI=1S/C11H19NO/c13-10-5-9(6-10)12-11-4-7-1-2-8(11)3-7/h7-13H,1-6H2. The maximum Gasteiger partial charge on any atom is 0.0570 e. The number of fused-ring (bicyclic) bond motifs is 2. The molecular weight excluding hydrogens is 162 g/mol. The molecule has 0 saturated heterocycles. The van der Waals surface area contributed by atoms with E-state index < -0.39 is 0 Å². The molecule has 0 spiro atoms. The molecular formula is C11H19NO. The van der Waals surface area contributed by atoms with Crippen molar-refractivity contribution in [3.8, 4) is 0 Å². The van der Waals surface area contributed by atoms with E-state index in [4.69, 9.17) is 0 Å². The first kappa shape index (κ1) is 8.25. The fourth-order valence-corrected chi connectivity index (χ4v) is 3.48. The van der Waals surface area contributed by atoms with Crippen molar-refractivity contribution in [2.75, 3.05) is 0 Å². The predicted octanol–water partition coefficient (Wildman–Crippen LogP) is 1.29. The minimum atomic E-state index is -0.00362. The Hall–Kier alpha value is -0.0800. The van der Waals surface area contributed by atoms with E-state index in [-0.39, 0.29) is 6.10 Å². The second-order valence-corrected chi connectivity index (χ2v) is 5.27. The minimum Gasteiger partial charge on any atom is -0.393 e. The molecule has 3 aliphatic rings. The summed E-state index contributed by atoms with van der Waals surface area (Å²) >= 11 is 0. The molecule has 13 heavy (non-hydrogen) atoms.